The molecule has 0 aliphatic carbocycles. The third-order valence-electron chi connectivity index (χ3n) is 3.21. The predicted octanol–water partition coefficient (Wildman–Crippen LogP) is 4.42. The van der Waals surface area contributed by atoms with Crippen LogP contribution in [0.2, 0.25) is 5.02 Å². The number of rotatable bonds is 4. The molecule has 0 aliphatic rings. The molecular weight excluding hydrogens is 286 g/mol. The number of nitrogens with zero attached hydrogens (tertiary/aromatic N) is 1. The van der Waals surface area contributed by atoms with Gasteiger partial charge in [0.25, 0.3) is 0 Å². The average Bonchev–Trinajstić information content (AvgIpc) is 2.45. The zero-order valence-corrected chi connectivity index (χ0v) is 13.0. The van der Waals surface area contributed by atoms with E-state index in [1.807, 2.05) is 26.0 Å². The number of hydrogen-bond acceptors (Lipinski definition) is 3. The Morgan fingerprint density at radius 2 is 1.81 bits per heavy atom. The normalized spacial score (nSPS) is 10.0. The van der Waals surface area contributed by atoms with Gasteiger partial charge >= 0.3 is 0 Å². The van der Waals surface area contributed by atoms with E-state index in [1.165, 1.54) is 0 Å². The van der Waals surface area contributed by atoms with Gasteiger partial charge in [-0.1, -0.05) is 11.6 Å². The Hall–Kier alpha value is -2.18. The third-order valence-corrected chi connectivity index (χ3v) is 3.42. The molecule has 0 bridgehead atoms. The van der Waals surface area contributed by atoms with Crippen LogP contribution in [0.4, 0.5) is 0 Å². The minimum atomic E-state index is 0.335. The monoisotopic (exact) mass is 301 g/mol. The van der Waals surface area contributed by atoms with Crippen molar-refractivity contribution in [1.29, 1.82) is 5.26 Å². The van der Waals surface area contributed by atoms with Gasteiger partial charge in [0.15, 0.2) is 0 Å². The van der Waals surface area contributed by atoms with E-state index in [0.29, 0.717) is 22.9 Å². The number of nitriles is 1. The highest BCUT2D eigenvalue weighted by atomic mass is 35.5. The Morgan fingerprint density at radius 1 is 1.14 bits per heavy atom. The molecule has 0 saturated heterocycles. The summed E-state index contributed by atoms with van der Waals surface area (Å²) in [4.78, 5) is 0. The number of halogens is 1. The first-order chi connectivity index (χ1) is 10.0. The second-order valence-electron chi connectivity index (χ2n) is 4.80. The van der Waals surface area contributed by atoms with Crippen molar-refractivity contribution in [1.82, 2.24) is 0 Å². The Kier molecular flexibility index (Phi) is 4.72. The SMILES string of the molecule is COc1ccc(C#N)cc1COc1c(C)cc(Cl)cc1C. The molecule has 21 heavy (non-hydrogen) atoms. The van der Waals surface area contributed by atoms with Gasteiger partial charge in [0.1, 0.15) is 18.1 Å². The van der Waals surface area contributed by atoms with Crippen molar-refractivity contribution in [3.05, 3.63) is 57.6 Å². The maximum atomic E-state index is 8.98. The fraction of sp³-hybridized carbons (Fsp3) is 0.235. The summed E-state index contributed by atoms with van der Waals surface area (Å²) in [5, 5.41) is 9.68. The lowest BCUT2D eigenvalue weighted by atomic mass is 10.1. The van der Waals surface area contributed by atoms with Crippen LogP contribution in [-0.4, -0.2) is 7.11 Å². The predicted molar refractivity (Wildman–Crippen MR) is 83.0 cm³/mol. The molecule has 0 N–H and O–H groups in total. The molecule has 0 fully saturated rings. The van der Waals surface area contributed by atoms with Crippen LogP contribution in [-0.2, 0) is 6.61 Å². The van der Waals surface area contributed by atoms with E-state index in [4.69, 9.17) is 26.3 Å². The number of aryl methyl sites for hydroxylation is 2. The molecule has 108 valence electrons. The van der Waals surface area contributed by atoms with E-state index in [-0.39, 0.29) is 0 Å². The molecule has 0 unspecified atom stereocenters. The summed E-state index contributed by atoms with van der Waals surface area (Å²) in [6, 6.07) is 11.1. The molecule has 0 radical (unpaired) electrons. The van der Waals surface area contributed by atoms with Crippen LogP contribution in [0.1, 0.15) is 22.3 Å². The van der Waals surface area contributed by atoms with Crippen LogP contribution in [0.15, 0.2) is 30.3 Å². The van der Waals surface area contributed by atoms with Crippen LogP contribution in [0.3, 0.4) is 0 Å². The van der Waals surface area contributed by atoms with Crippen molar-refractivity contribution in [2.75, 3.05) is 7.11 Å². The van der Waals surface area contributed by atoms with Gasteiger partial charge in [-0.3, -0.25) is 0 Å². The van der Waals surface area contributed by atoms with Crippen LogP contribution in [0.5, 0.6) is 11.5 Å². The van der Waals surface area contributed by atoms with Crippen molar-refractivity contribution in [2.45, 2.75) is 20.5 Å². The first kappa shape index (κ1) is 15.2. The minimum Gasteiger partial charge on any atom is -0.496 e. The summed E-state index contributed by atoms with van der Waals surface area (Å²) in [7, 11) is 1.60. The zero-order valence-electron chi connectivity index (χ0n) is 12.2. The number of methoxy groups -OCH3 is 1. The largest absolute Gasteiger partial charge is 0.496 e. The standard InChI is InChI=1S/C17H16ClNO2/c1-11-6-15(18)7-12(2)17(11)21-10-14-8-13(9-19)4-5-16(14)20-3/h4-8H,10H2,1-3H3. The van der Waals surface area contributed by atoms with E-state index < -0.39 is 0 Å². The Bertz CT molecular complexity index is 681. The summed E-state index contributed by atoms with van der Waals surface area (Å²) < 4.78 is 11.2. The Balaban J connectivity index is 2.26. The number of benzene rings is 2. The molecule has 0 amide bonds. The highest BCUT2D eigenvalue weighted by Gasteiger charge is 2.09. The molecule has 0 spiro atoms. The average molecular weight is 302 g/mol. The second kappa shape index (κ2) is 6.51. The summed E-state index contributed by atoms with van der Waals surface area (Å²) >= 11 is 6.02. The van der Waals surface area contributed by atoms with E-state index in [1.54, 1.807) is 25.3 Å². The molecule has 2 rings (SSSR count). The van der Waals surface area contributed by atoms with Crippen LogP contribution < -0.4 is 9.47 Å². The maximum Gasteiger partial charge on any atom is 0.125 e. The molecule has 0 aliphatic heterocycles. The van der Waals surface area contributed by atoms with Gasteiger partial charge in [0.2, 0.25) is 0 Å². The lowest BCUT2D eigenvalue weighted by Crippen LogP contribution is -2.02. The number of ether oxygens (including phenoxy) is 2. The van der Waals surface area contributed by atoms with E-state index in [0.717, 1.165) is 22.4 Å². The lowest BCUT2D eigenvalue weighted by molar-refractivity contribution is 0.293. The van der Waals surface area contributed by atoms with Crippen molar-refractivity contribution >= 4 is 11.6 Å². The molecule has 0 atom stereocenters. The van der Waals surface area contributed by atoms with Gasteiger partial charge in [0.05, 0.1) is 18.7 Å². The smallest absolute Gasteiger partial charge is 0.125 e. The van der Waals surface area contributed by atoms with Gasteiger partial charge in [-0.15, -0.1) is 0 Å². The highest BCUT2D eigenvalue weighted by molar-refractivity contribution is 6.30. The molecule has 0 aromatic heterocycles. The zero-order chi connectivity index (χ0) is 15.4. The highest BCUT2D eigenvalue weighted by Crippen LogP contribution is 2.29. The first-order valence-corrected chi connectivity index (χ1v) is 6.89. The molecule has 0 saturated carbocycles. The molecule has 0 heterocycles. The molecular formula is C17H16ClNO2. The van der Waals surface area contributed by atoms with Crippen molar-refractivity contribution in [2.24, 2.45) is 0 Å². The van der Waals surface area contributed by atoms with E-state index in [2.05, 4.69) is 6.07 Å². The summed E-state index contributed by atoms with van der Waals surface area (Å²) in [6.45, 7) is 4.25. The van der Waals surface area contributed by atoms with Gasteiger partial charge in [-0.05, 0) is 55.3 Å². The number of hydrogen-bond donors (Lipinski definition) is 0. The fourth-order valence-electron chi connectivity index (χ4n) is 2.24. The summed E-state index contributed by atoms with van der Waals surface area (Å²) in [5.41, 5.74) is 3.38. The minimum absolute atomic E-state index is 0.335. The lowest BCUT2D eigenvalue weighted by Gasteiger charge is -2.14. The van der Waals surface area contributed by atoms with Gasteiger partial charge < -0.3 is 9.47 Å². The molecule has 4 heteroatoms. The van der Waals surface area contributed by atoms with E-state index >= 15 is 0 Å². The summed E-state index contributed by atoms with van der Waals surface area (Å²) in [6.07, 6.45) is 0. The van der Waals surface area contributed by atoms with E-state index in [9.17, 15) is 0 Å². The molecule has 3 nitrogen and oxygen atoms in total. The Morgan fingerprint density at radius 3 is 2.38 bits per heavy atom. The fourth-order valence-corrected chi connectivity index (χ4v) is 2.56. The van der Waals surface area contributed by atoms with Gasteiger partial charge in [-0.25, -0.2) is 0 Å². The molecule has 2 aromatic rings. The van der Waals surface area contributed by atoms with Crippen LogP contribution >= 0.6 is 11.6 Å². The van der Waals surface area contributed by atoms with Crippen molar-refractivity contribution in [3.8, 4) is 17.6 Å². The summed E-state index contributed by atoms with van der Waals surface area (Å²) in [5.74, 6) is 1.52. The third kappa shape index (κ3) is 3.48. The quantitative estimate of drug-likeness (QED) is 0.839. The van der Waals surface area contributed by atoms with Crippen molar-refractivity contribution in [3.63, 3.8) is 0 Å². The van der Waals surface area contributed by atoms with Gasteiger partial charge in [0, 0.05) is 10.6 Å². The molecule has 2 aromatic carbocycles. The first-order valence-electron chi connectivity index (χ1n) is 6.51. The van der Waals surface area contributed by atoms with Crippen LogP contribution in [0, 0.1) is 25.2 Å². The second-order valence-corrected chi connectivity index (χ2v) is 5.23. The maximum absolute atomic E-state index is 8.98. The Labute approximate surface area is 129 Å². The van der Waals surface area contributed by atoms with Crippen molar-refractivity contribution < 1.29 is 9.47 Å². The topological polar surface area (TPSA) is 42.2 Å². The van der Waals surface area contributed by atoms with Gasteiger partial charge in [-0.2, -0.15) is 5.26 Å². The van der Waals surface area contributed by atoms with Crippen LogP contribution in [0.25, 0.3) is 0 Å².